The van der Waals surface area contributed by atoms with Crippen LogP contribution in [-0.4, -0.2) is 39.3 Å². The maximum Gasteiger partial charge on any atom is 0.284 e. The molecule has 0 aliphatic rings. The quantitative estimate of drug-likeness (QED) is 0.157. The number of rotatable bonds is 8. The molecule has 0 unspecified atom stereocenters. The van der Waals surface area contributed by atoms with Crippen molar-refractivity contribution >= 4 is 23.4 Å². The minimum atomic E-state index is -0.479. The molecule has 37 heavy (non-hydrogen) atoms. The highest BCUT2D eigenvalue weighted by molar-refractivity contribution is 5.84. The number of phenols is 1. The predicted octanol–water partition coefficient (Wildman–Crippen LogP) is 6.03. The van der Waals surface area contributed by atoms with Gasteiger partial charge in [0, 0.05) is 11.8 Å². The molecular formula is C27H22N4O6. The van der Waals surface area contributed by atoms with Crippen molar-refractivity contribution in [1.29, 1.82) is 0 Å². The lowest BCUT2D eigenvalue weighted by Gasteiger charge is -2.07. The molecule has 0 fully saturated rings. The second-order valence-electron chi connectivity index (χ2n) is 7.93. The summed E-state index contributed by atoms with van der Waals surface area (Å²) in [5.74, 6) is 2.04. The number of furan rings is 1. The monoisotopic (exact) mass is 498 g/mol. The van der Waals surface area contributed by atoms with E-state index in [0.717, 1.165) is 0 Å². The fraction of sp³-hybridized carbons (Fsp3) is 0.111. The molecule has 0 radical (unpaired) electrons. The number of nitrogens with zero attached hydrogens (tertiary/aromatic N) is 4. The number of nitro benzene ring substituents is 1. The smallest absolute Gasteiger partial charge is 0.284 e. The summed E-state index contributed by atoms with van der Waals surface area (Å²) in [6, 6.07) is 18.5. The van der Waals surface area contributed by atoms with E-state index in [0.29, 0.717) is 57.9 Å². The van der Waals surface area contributed by atoms with Gasteiger partial charge in [-0.3, -0.25) is 14.5 Å². The molecule has 0 amide bonds. The molecule has 0 atom stereocenters. The molecule has 0 saturated heterocycles. The van der Waals surface area contributed by atoms with Gasteiger partial charge in [0.2, 0.25) is 0 Å². The fourth-order valence-corrected chi connectivity index (χ4v) is 3.92. The SMILES string of the molecule is CCOc1cc(-c2nc3ccccn3c2N=Cc2ccc(-c3ccc(OC)cc3[N+](=O)[O-])o2)ccc1O. The van der Waals surface area contributed by atoms with E-state index in [1.54, 1.807) is 42.5 Å². The van der Waals surface area contributed by atoms with Crippen LogP contribution in [0, 0.1) is 10.1 Å². The molecule has 10 heteroatoms. The van der Waals surface area contributed by atoms with Crippen LogP contribution < -0.4 is 9.47 Å². The second kappa shape index (κ2) is 9.86. The highest BCUT2D eigenvalue weighted by Gasteiger charge is 2.20. The Morgan fingerprint density at radius 2 is 2.03 bits per heavy atom. The zero-order chi connectivity index (χ0) is 25.9. The summed E-state index contributed by atoms with van der Waals surface area (Å²) in [6.45, 7) is 2.24. The van der Waals surface area contributed by atoms with E-state index in [1.807, 2.05) is 35.7 Å². The fourth-order valence-electron chi connectivity index (χ4n) is 3.92. The van der Waals surface area contributed by atoms with E-state index in [2.05, 4.69) is 4.99 Å². The number of methoxy groups -OCH3 is 1. The Morgan fingerprint density at radius 3 is 2.81 bits per heavy atom. The average molecular weight is 498 g/mol. The van der Waals surface area contributed by atoms with Gasteiger partial charge in [-0.05, 0) is 61.5 Å². The largest absolute Gasteiger partial charge is 0.504 e. The molecule has 0 aliphatic carbocycles. The summed E-state index contributed by atoms with van der Waals surface area (Å²) < 4.78 is 18.3. The first-order valence-electron chi connectivity index (χ1n) is 11.4. The van der Waals surface area contributed by atoms with Crippen LogP contribution in [0.1, 0.15) is 12.7 Å². The number of hydrogen-bond acceptors (Lipinski definition) is 8. The Balaban J connectivity index is 1.54. The van der Waals surface area contributed by atoms with Crippen LogP contribution in [0.15, 0.2) is 82.3 Å². The molecule has 2 aromatic carbocycles. The zero-order valence-corrected chi connectivity index (χ0v) is 20.0. The number of aromatic hydroxyl groups is 1. The third-order valence-electron chi connectivity index (χ3n) is 5.65. The molecule has 0 aliphatic heterocycles. The van der Waals surface area contributed by atoms with E-state index in [1.165, 1.54) is 19.4 Å². The first kappa shape index (κ1) is 23.6. The Bertz CT molecular complexity index is 1640. The maximum absolute atomic E-state index is 11.6. The van der Waals surface area contributed by atoms with E-state index >= 15 is 0 Å². The number of nitro groups is 1. The average Bonchev–Trinajstić information content (AvgIpc) is 3.53. The molecule has 10 nitrogen and oxygen atoms in total. The summed E-state index contributed by atoms with van der Waals surface area (Å²) in [5, 5.41) is 21.7. The predicted molar refractivity (Wildman–Crippen MR) is 138 cm³/mol. The summed E-state index contributed by atoms with van der Waals surface area (Å²) in [4.78, 5) is 20.5. The lowest BCUT2D eigenvalue weighted by molar-refractivity contribution is -0.384. The van der Waals surface area contributed by atoms with Gasteiger partial charge >= 0.3 is 0 Å². The van der Waals surface area contributed by atoms with E-state index in [-0.39, 0.29) is 11.4 Å². The van der Waals surface area contributed by atoms with Crippen molar-refractivity contribution in [2.75, 3.05) is 13.7 Å². The number of aromatic nitrogens is 2. The number of aliphatic imine (C=N–C) groups is 1. The molecule has 3 heterocycles. The van der Waals surface area contributed by atoms with Crippen LogP contribution in [-0.2, 0) is 0 Å². The Hall–Kier alpha value is -5.12. The van der Waals surface area contributed by atoms with Gasteiger partial charge in [-0.25, -0.2) is 9.98 Å². The number of pyridine rings is 1. The molecular weight excluding hydrogens is 476 g/mol. The van der Waals surface area contributed by atoms with Crippen molar-refractivity contribution in [2.24, 2.45) is 4.99 Å². The second-order valence-corrected chi connectivity index (χ2v) is 7.93. The lowest BCUT2D eigenvalue weighted by Crippen LogP contribution is -1.93. The van der Waals surface area contributed by atoms with Gasteiger partial charge < -0.3 is 19.0 Å². The van der Waals surface area contributed by atoms with Crippen LogP contribution in [0.4, 0.5) is 11.5 Å². The summed E-state index contributed by atoms with van der Waals surface area (Å²) in [5.41, 5.74) is 2.18. The van der Waals surface area contributed by atoms with E-state index in [9.17, 15) is 15.2 Å². The van der Waals surface area contributed by atoms with Gasteiger partial charge in [-0.1, -0.05) is 6.07 Å². The van der Waals surface area contributed by atoms with Crippen LogP contribution in [0.25, 0.3) is 28.2 Å². The maximum atomic E-state index is 11.6. The van der Waals surface area contributed by atoms with Gasteiger partial charge in [0.1, 0.15) is 28.6 Å². The summed E-state index contributed by atoms with van der Waals surface area (Å²) in [6.07, 6.45) is 3.37. The van der Waals surface area contributed by atoms with Gasteiger partial charge in [0.15, 0.2) is 17.3 Å². The van der Waals surface area contributed by atoms with Crippen molar-refractivity contribution in [3.8, 4) is 39.8 Å². The molecule has 186 valence electrons. The van der Waals surface area contributed by atoms with Gasteiger partial charge in [-0.2, -0.15) is 0 Å². The molecule has 3 aromatic heterocycles. The van der Waals surface area contributed by atoms with E-state index < -0.39 is 4.92 Å². The summed E-state index contributed by atoms with van der Waals surface area (Å²) >= 11 is 0. The van der Waals surface area contributed by atoms with Crippen molar-refractivity contribution in [3.63, 3.8) is 0 Å². The highest BCUT2D eigenvalue weighted by Crippen LogP contribution is 2.37. The molecule has 0 bridgehead atoms. The van der Waals surface area contributed by atoms with Gasteiger partial charge in [0.05, 0.1) is 36.5 Å². The lowest BCUT2D eigenvalue weighted by atomic mass is 10.1. The van der Waals surface area contributed by atoms with Crippen molar-refractivity contribution in [3.05, 3.63) is 88.8 Å². The number of imidazole rings is 1. The van der Waals surface area contributed by atoms with Crippen molar-refractivity contribution < 1.29 is 23.9 Å². The molecule has 0 saturated carbocycles. The zero-order valence-electron chi connectivity index (χ0n) is 20.0. The van der Waals surface area contributed by atoms with Crippen molar-refractivity contribution in [1.82, 2.24) is 9.38 Å². The highest BCUT2D eigenvalue weighted by atomic mass is 16.6. The Labute approximate surface area is 211 Å². The van der Waals surface area contributed by atoms with Crippen LogP contribution in [0.3, 0.4) is 0 Å². The third kappa shape index (κ3) is 4.59. The molecule has 0 spiro atoms. The van der Waals surface area contributed by atoms with Crippen molar-refractivity contribution in [2.45, 2.75) is 6.92 Å². The number of hydrogen-bond donors (Lipinski definition) is 1. The Kier molecular flexibility index (Phi) is 6.29. The normalized spacial score (nSPS) is 11.3. The first-order chi connectivity index (χ1) is 18.0. The topological polar surface area (TPSA) is 125 Å². The third-order valence-corrected chi connectivity index (χ3v) is 5.65. The number of benzene rings is 2. The number of ether oxygens (including phenoxy) is 2. The minimum absolute atomic E-state index is 0.0372. The standard InChI is InChI=1S/C27H22N4O6/c1-3-36-24-14-17(7-11-22(24)32)26-27(30-13-5-4-6-25(30)29-26)28-16-19-9-12-23(37-19)20-10-8-18(35-2)15-21(20)31(33)34/h4-16,32H,3H2,1-2H3. The molecule has 1 N–H and O–H groups in total. The van der Waals surface area contributed by atoms with Crippen LogP contribution >= 0.6 is 0 Å². The Morgan fingerprint density at radius 1 is 1.16 bits per heavy atom. The van der Waals surface area contributed by atoms with Gasteiger partial charge in [-0.15, -0.1) is 0 Å². The number of phenolic OH excluding ortho intramolecular Hbond substituents is 1. The molecule has 5 aromatic rings. The van der Waals surface area contributed by atoms with E-state index in [4.69, 9.17) is 18.9 Å². The summed E-state index contributed by atoms with van der Waals surface area (Å²) in [7, 11) is 1.45. The van der Waals surface area contributed by atoms with Crippen LogP contribution in [0.2, 0.25) is 0 Å². The number of fused-ring (bicyclic) bond motifs is 1. The minimum Gasteiger partial charge on any atom is -0.504 e. The van der Waals surface area contributed by atoms with Gasteiger partial charge in [0.25, 0.3) is 5.69 Å². The first-order valence-corrected chi connectivity index (χ1v) is 11.4. The molecule has 5 rings (SSSR count). The van der Waals surface area contributed by atoms with Crippen LogP contribution in [0.5, 0.6) is 17.2 Å².